The van der Waals surface area contributed by atoms with Crippen LogP contribution < -0.4 is 10.9 Å². The Morgan fingerprint density at radius 3 is 2.18 bits per heavy atom. The van der Waals surface area contributed by atoms with E-state index < -0.39 is 27.1 Å². The van der Waals surface area contributed by atoms with Crippen LogP contribution in [0, 0.1) is 27.2 Å². The molecule has 0 saturated heterocycles. The highest BCUT2D eigenvalue weighted by atomic mass is 16.6. The quantitative estimate of drug-likeness (QED) is 0.363. The molecule has 0 aliphatic carbocycles. The zero-order valence-electron chi connectivity index (χ0n) is 17.1. The number of benzene rings is 3. The van der Waals surface area contributed by atoms with Gasteiger partial charge in [0.2, 0.25) is 0 Å². The normalized spacial score (nSPS) is 10.7. The zero-order chi connectivity index (χ0) is 23.7. The van der Waals surface area contributed by atoms with Crippen molar-refractivity contribution < 1.29 is 14.6 Å². The topological polar surface area (TPSA) is 150 Å². The summed E-state index contributed by atoms with van der Waals surface area (Å²) in [6.07, 6.45) is 0. The Morgan fingerprint density at radius 1 is 0.939 bits per heavy atom. The van der Waals surface area contributed by atoms with E-state index in [0.29, 0.717) is 17.0 Å². The molecule has 4 rings (SSSR count). The van der Waals surface area contributed by atoms with Gasteiger partial charge >= 0.3 is 0 Å². The van der Waals surface area contributed by atoms with Crippen molar-refractivity contribution in [1.82, 2.24) is 9.55 Å². The number of carbonyl (C=O) groups excluding carboxylic acids is 1. The molecule has 3 aromatic carbocycles. The van der Waals surface area contributed by atoms with E-state index in [0.717, 1.165) is 18.2 Å². The average Bonchev–Trinajstić information content (AvgIpc) is 2.80. The summed E-state index contributed by atoms with van der Waals surface area (Å²) in [6, 6.07) is 16.1. The number of carbonyl (C=O) groups is 1. The van der Waals surface area contributed by atoms with Crippen LogP contribution in [0.2, 0.25) is 0 Å². The molecule has 4 aromatic rings. The van der Waals surface area contributed by atoms with Gasteiger partial charge in [-0.15, -0.1) is 0 Å². The molecule has 11 nitrogen and oxygen atoms in total. The number of aromatic nitrogens is 2. The second kappa shape index (κ2) is 8.30. The van der Waals surface area contributed by atoms with Crippen molar-refractivity contribution in [1.29, 1.82) is 0 Å². The first-order valence-electron chi connectivity index (χ1n) is 9.58. The Bertz CT molecular complexity index is 1460. The summed E-state index contributed by atoms with van der Waals surface area (Å²) in [6.45, 7) is 1.71. The molecule has 1 aromatic heterocycles. The fraction of sp³-hybridized carbons (Fsp3) is 0.0455. The van der Waals surface area contributed by atoms with E-state index in [9.17, 15) is 29.8 Å². The molecular formula is C22H15N5O6. The molecule has 0 bridgehead atoms. The van der Waals surface area contributed by atoms with E-state index in [1.807, 2.05) is 6.07 Å². The number of nitro groups is 2. The van der Waals surface area contributed by atoms with Gasteiger partial charge in [0.05, 0.1) is 38.1 Å². The number of nitrogens with zero attached hydrogens (tertiary/aromatic N) is 4. The van der Waals surface area contributed by atoms with Crippen LogP contribution >= 0.6 is 0 Å². The molecule has 1 heterocycles. The number of nitro benzene ring substituents is 2. The first kappa shape index (κ1) is 21.3. The van der Waals surface area contributed by atoms with Crippen LogP contribution in [-0.2, 0) is 0 Å². The lowest BCUT2D eigenvalue weighted by atomic mass is 10.1. The lowest BCUT2D eigenvalue weighted by Gasteiger charge is -2.12. The molecule has 0 fully saturated rings. The molecule has 0 saturated carbocycles. The van der Waals surface area contributed by atoms with E-state index in [1.54, 1.807) is 37.3 Å². The number of hydrogen-bond donors (Lipinski definition) is 1. The van der Waals surface area contributed by atoms with Crippen molar-refractivity contribution in [3.63, 3.8) is 0 Å². The summed E-state index contributed by atoms with van der Waals surface area (Å²) in [4.78, 5) is 50.8. The Hall–Kier alpha value is -4.93. The van der Waals surface area contributed by atoms with Gasteiger partial charge in [-0.05, 0) is 37.3 Å². The van der Waals surface area contributed by atoms with E-state index in [-0.39, 0.29) is 22.2 Å². The third-order valence-corrected chi connectivity index (χ3v) is 4.89. The summed E-state index contributed by atoms with van der Waals surface area (Å²) in [5.74, 6) is -0.316. The third-order valence-electron chi connectivity index (χ3n) is 4.89. The second-order valence-corrected chi connectivity index (χ2v) is 7.07. The number of rotatable bonds is 5. The van der Waals surface area contributed by atoms with E-state index >= 15 is 0 Å². The lowest BCUT2D eigenvalue weighted by molar-refractivity contribution is -0.394. The van der Waals surface area contributed by atoms with Crippen molar-refractivity contribution >= 4 is 33.9 Å². The van der Waals surface area contributed by atoms with Gasteiger partial charge in [0.15, 0.2) is 0 Å². The van der Waals surface area contributed by atoms with Gasteiger partial charge in [-0.3, -0.25) is 34.4 Å². The minimum atomic E-state index is -0.820. The molecule has 164 valence electrons. The number of aryl methyl sites for hydroxylation is 1. The number of para-hydroxylation sites is 1. The van der Waals surface area contributed by atoms with E-state index in [2.05, 4.69) is 10.3 Å². The Kier molecular flexibility index (Phi) is 5.36. The molecule has 33 heavy (non-hydrogen) atoms. The molecule has 0 aliphatic rings. The van der Waals surface area contributed by atoms with Crippen molar-refractivity contribution in [3.05, 3.63) is 109 Å². The molecule has 0 spiro atoms. The maximum atomic E-state index is 13.2. The molecule has 0 unspecified atom stereocenters. The number of fused-ring (bicyclic) bond motifs is 1. The van der Waals surface area contributed by atoms with Gasteiger partial charge in [-0.2, -0.15) is 0 Å². The van der Waals surface area contributed by atoms with E-state index in [1.165, 1.54) is 16.7 Å². The van der Waals surface area contributed by atoms with Crippen LogP contribution in [0.25, 0.3) is 16.6 Å². The molecule has 1 N–H and O–H groups in total. The summed E-state index contributed by atoms with van der Waals surface area (Å²) >= 11 is 0. The highest BCUT2D eigenvalue weighted by Crippen LogP contribution is 2.24. The lowest BCUT2D eigenvalue weighted by Crippen LogP contribution is -2.22. The minimum Gasteiger partial charge on any atom is -0.322 e. The summed E-state index contributed by atoms with van der Waals surface area (Å²) < 4.78 is 1.44. The highest BCUT2D eigenvalue weighted by Gasteiger charge is 2.20. The number of amides is 1. The number of hydrogen-bond acceptors (Lipinski definition) is 7. The van der Waals surface area contributed by atoms with Gasteiger partial charge in [-0.1, -0.05) is 18.2 Å². The predicted octanol–water partition coefficient (Wildman–Crippen LogP) is 3.76. The zero-order valence-corrected chi connectivity index (χ0v) is 17.1. The fourth-order valence-electron chi connectivity index (χ4n) is 3.40. The van der Waals surface area contributed by atoms with E-state index in [4.69, 9.17) is 0 Å². The molecular weight excluding hydrogens is 430 g/mol. The highest BCUT2D eigenvalue weighted by molar-refractivity contribution is 6.05. The van der Waals surface area contributed by atoms with Crippen LogP contribution in [-0.4, -0.2) is 25.3 Å². The SMILES string of the molecule is Cc1nc2ccc(NC(=O)c3cc([N+](=O)[O-])cc([N+](=O)[O-])c3)cc2c(=O)n1-c1ccccc1. The van der Waals surface area contributed by atoms with Crippen molar-refractivity contribution in [2.75, 3.05) is 5.32 Å². The van der Waals surface area contributed by atoms with Gasteiger partial charge in [-0.25, -0.2) is 4.98 Å². The smallest absolute Gasteiger partial charge is 0.277 e. The van der Waals surface area contributed by atoms with Crippen LogP contribution in [0.4, 0.5) is 17.1 Å². The predicted molar refractivity (Wildman–Crippen MR) is 120 cm³/mol. The maximum absolute atomic E-state index is 13.2. The molecule has 0 radical (unpaired) electrons. The fourth-order valence-corrected chi connectivity index (χ4v) is 3.40. The van der Waals surface area contributed by atoms with Crippen LogP contribution in [0.15, 0.2) is 71.5 Å². The van der Waals surface area contributed by atoms with Crippen LogP contribution in [0.5, 0.6) is 0 Å². The standard InChI is InChI=1S/C22H15N5O6/c1-13-23-20-8-7-15(11-19(20)22(29)25(13)16-5-3-2-4-6-16)24-21(28)14-9-17(26(30)31)12-18(10-14)27(32)33/h2-12H,1H3,(H,24,28). The van der Waals surface area contributed by atoms with Gasteiger partial charge in [0, 0.05) is 17.8 Å². The van der Waals surface area contributed by atoms with Crippen molar-refractivity contribution in [3.8, 4) is 5.69 Å². The molecule has 1 amide bonds. The summed E-state index contributed by atoms with van der Waals surface area (Å²) in [5.41, 5.74) is -0.493. The largest absolute Gasteiger partial charge is 0.322 e. The van der Waals surface area contributed by atoms with Crippen LogP contribution in [0.1, 0.15) is 16.2 Å². The second-order valence-electron chi connectivity index (χ2n) is 7.07. The summed E-state index contributed by atoms with van der Waals surface area (Å²) in [7, 11) is 0. The third kappa shape index (κ3) is 4.14. The number of non-ortho nitro benzene ring substituents is 2. The molecule has 0 atom stereocenters. The summed E-state index contributed by atoms with van der Waals surface area (Å²) in [5, 5.41) is 24.9. The average molecular weight is 445 g/mol. The Labute approximate surface area is 185 Å². The maximum Gasteiger partial charge on any atom is 0.277 e. The van der Waals surface area contributed by atoms with Crippen LogP contribution in [0.3, 0.4) is 0 Å². The van der Waals surface area contributed by atoms with Gasteiger partial charge in [0.1, 0.15) is 5.82 Å². The number of nitrogens with one attached hydrogen (secondary N) is 1. The molecule has 11 heteroatoms. The first-order chi connectivity index (χ1) is 15.7. The van der Waals surface area contributed by atoms with Crippen molar-refractivity contribution in [2.24, 2.45) is 0 Å². The molecule has 0 aliphatic heterocycles. The monoisotopic (exact) mass is 445 g/mol. The Morgan fingerprint density at radius 2 is 1.58 bits per heavy atom. The number of anilines is 1. The van der Waals surface area contributed by atoms with Crippen molar-refractivity contribution in [2.45, 2.75) is 6.92 Å². The minimum absolute atomic E-state index is 0.226. The van der Waals surface area contributed by atoms with Gasteiger partial charge in [0.25, 0.3) is 22.8 Å². The Balaban J connectivity index is 1.74. The van der Waals surface area contributed by atoms with Gasteiger partial charge < -0.3 is 5.32 Å². The first-order valence-corrected chi connectivity index (χ1v) is 9.58.